The highest BCUT2D eigenvalue weighted by molar-refractivity contribution is 7.89. The number of ether oxygens (including phenoxy) is 2. The highest BCUT2D eigenvalue weighted by Gasteiger charge is 2.20. The third-order valence-electron chi connectivity index (χ3n) is 3.67. The molecule has 0 aliphatic heterocycles. The van der Waals surface area contributed by atoms with Crippen molar-refractivity contribution in [2.24, 2.45) is 0 Å². The standard InChI is InChI=1S/C17H20FNO4S/c1-12-10-13(8-9-15(12)18)24(20,21)19-11-17(23-3)14-6-4-5-7-16(14)22-2/h4-10,17,19H,11H2,1-3H3. The van der Waals surface area contributed by atoms with Gasteiger partial charge in [0.15, 0.2) is 0 Å². The Balaban J connectivity index is 2.19. The molecule has 0 aliphatic carbocycles. The lowest BCUT2D eigenvalue weighted by atomic mass is 10.1. The number of hydrogen-bond donors (Lipinski definition) is 1. The van der Waals surface area contributed by atoms with Crippen molar-refractivity contribution in [2.45, 2.75) is 17.9 Å². The van der Waals surface area contributed by atoms with Crippen LogP contribution in [-0.2, 0) is 14.8 Å². The van der Waals surface area contributed by atoms with Crippen molar-refractivity contribution in [1.29, 1.82) is 0 Å². The van der Waals surface area contributed by atoms with E-state index in [4.69, 9.17) is 9.47 Å². The normalized spacial score (nSPS) is 12.8. The lowest BCUT2D eigenvalue weighted by molar-refractivity contribution is 0.105. The van der Waals surface area contributed by atoms with Crippen LogP contribution in [0.25, 0.3) is 0 Å². The second-order valence-corrected chi connectivity index (χ2v) is 7.00. The fourth-order valence-corrected chi connectivity index (χ4v) is 3.42. The molecule has 0 heterocycles. The molecule has 0 amide bonds. The minimum Gasteiger partial charge on any atom is -0.496 e. The molecule has 0 saturated carbocycles. The van der Waals surface area contributed by atoms with E-state index in [1.165, 1.54) is 33.3 Å². The van der Waals surface area contributed by atoms with E-state index in [1.807, 2.05) is 18.2 Å². The van der Waals surface area contributed by atoms with Crippen molar-refractivity contribution < 1.29 is 22.3 Å². The Bertz CT molecular complexity index is 808. The molecule has 0 aromatic heterocycles. The zero-order chi connectivity index (χ0) is 17.7. The van der Waals surface area contributed by atoms with Crippen molar-refractivity contribution in [3.63, 3.8) is 0 Å². The first kappa shape index (κ1) is 18.4. The van der Waals surface area contributed by atoms with Crippen LogP contribution in [0.4, 0.5) is 4.39 Å². The average molecular weight is 353 g/mol. The van der Waals surface area contributed by atoms with E-state index in [2.05, 4.69) is 4.72 Å². The largest absolute Gasteiger partial charge is 0.496 e. The highest BCUT2D eigenvalue weighted by atomic mass is 32.2. The average Bonchev–Trinajstić information content (AvgIpc) is 2.58. The summed E-state index contributed by atoms with van der Waals surface area (Å²) in [6.45, 7) is 1.54. The lowest BCUT2D eigenvalue weighted by Gasteiger charge is -2.19. The van der Waals surface area contributed by atoms with E-state index in [1.54, 1.807) is 6.07 Å². The Labute approximate surface area is 141 Å². The molecule has 2 aromatic rings. The van der Waals surface area contributed by atoms with E-state index < -0.39 is 21.9 Å². The molecule has 0 spiro atoms. The quantitative estimate of drug-likeness (QED) is 0.831. The third-order valence-corrected chi connectivity index (χ3v) is 5.09. The van der Waals surface area contributed by atoms with Crippen LogP contribution in [0.15, 0.2) is 47.4 Å². The van der Waals surface area contributed by atoms with Gasteiger partial charge >= 0.3 is 0 Å². The van der Waals surface area contributed by atoms with Gasteiger partial charge in [-0.15, -0.1) is 0 Å². The van der Waals surface area contributed by atoms with E-state index in [-0.39, 0.29) is 17.0 Å². The van der Waals surface area contributed by atoms with Gasteiger partial charge in [0.1, 0.15) is 11.6 Å². The van der Waals surface area contributed by atoms with Crippen molar-refractivity contribution in [2.75, 3.05) is 20.8 Å². The predicted octanol–water partition coefficient (Wildman–Crippen LogP) is 2.81. The van der Waals surface area contributed by atoms with Gasteiger partial charge in [0.05, 0.1) is 18.1 Å². The van der Waals surface area contributed by atoms with Crippen LogP contribution in [0, 0.1) is 12.7 Å². The van der Waals surface area contributed by atoms with E-state index in [9.17, 15) is 12.8 Å². The first-order chi connectivity index (χ1) is 11.4. The zero-order valence-corrected chi connectivity index (χ0v) is 14.6. The summed E-state index contributed by atoms with van der Waals surface area (Å²) in [4.78, 5) is 0.0104. The molecule has 1 atom stereocenters. The molecule has 0 saturated heterocycles. The van der Waals surface area contributed by atoms with Gasteiger partial charge < -0.3 is 9.47 Å². The molecule has 24 heavy (non-hydrogen) atoms. The maximum atomic E-state index is 13.3. The molecule has 7 heteroatoms. The number of para-hydroxylation sites is 1. The van der Waals surface area contributed by atoms with Crippen molar-refractivity contribution in [3.05, 3.63) is 59.4 Å². The fraction of sp³-hybridized carbons (Fsp3) is 0.294. The molecule has 0 aliphatic rings. The van der Waals surface area contributed by atoms with Gasteiger partial charge in [-0.2, -0.15) is 0 Å². The SMILES string of the molecule is COc1ccccc1C(CNS(=O)(=O)c1ccc(F)c(C)c1)OC. The maximum Gasteiger partial charge on any atom is 0.240 e. The van der Waals surface area contributed by atoms with Gasteiger partial charge in [-0.1, -0.05) is 18.2 Å². The molecular weight excluding hydrogens is 333 g/mol. The topological polar surface area (TPSA) is 64.6 Å². The van der Waals surface area contributed by atoms with Gasteiger partial charge in [-0.05, 0) is 36.8 Å². The van der Waals surface area contributed by atoms with Crippen molar-refractivity contribution >= 4 is 10.0 Å². The predicted molar refractivity (Wildman–Crippen MR) is 89.1 cm³/mol. The fourth-order valence-electron chi connectivity index (χ4n) is 2.31. The molecule has 1 N–H and O–H groups in total. The molecule has 2 aromatic carbocycles. The number of sulfonamides is 1. The second-order valence-electron chi connectivity index (χ2n) is 5.23. The number of benzene rings is 2. The van der Waals surface area contributed by atoms with Crippen LogP contribution in [-0.4, -0.2) is 29.2 Å². The lowest BCUT2D eigenvalue weighted by Crippen LogP contribution is -2.29. The highest BCUT2D eigenvalue weighted by Crippen LogP contribution is 2.27. The number of hydrogen-bond acceptors (Lipinski definition) is 4. The molecule has 2 rings (SSSR count). The van der Waals surface area contributed by atoms with Crippen molar-refractivity contribution in [1.82, 2.24) is 4.72 Å². The summed E-state index contributed by atoms with van der Waals surface area (Å²) in [5.41, 5.74) is 1.01. The minimum absolute atomic E-state index is 0.0104. The summed E-state index contributed by atoms with van der Waals surface area (Å²) >= 11 is 0. The van der Waals surface area contributed by atoms with Crippen LogP contribution in [0.5, 0.6) is 5.75 Å². The van der Waals surface area contributed by atoms with Crippen LogP contribution < -0.4 is 9.46 Å². The van der Waals surface area contributed by atoms with E-state index >= 15 is 0 Å². The van der Waals surface area contributed by atoms with Crippen LogP contribution in [0.1, 0.15) is 17.2 Å². The minimum atomic E-state index is -3.77. The summed E-state index contributed by atoms with van der Waals surface area (Å²) in [5.74, 6) is 0.166. The Hall–Kier alpha value is -1.96. The number of aryl methyl sites for hydroxylation is 1. The smallest absolute Gasteiger partial charge is 0.240 e. The Morgan fingerprint density at radius 3 is 2.50 bits per heavy atom. The third kappa shape index (κ3) is 4.11. The summed E-state index contributed by atoms with van der Waals surface area (Å²) in [7, 11) is -0.738. The van der Waals surface area contributed by atoms with E-state index in [0.29, 0.717) is 5.75 Å². The maximum absolute atomic E-state index is 13.3. The molecule has 130 valence electrons. The van der Waals surface area contributed by atoms with Crippen molar-refractivity contribution in [3.8, 4) is 5.75 Å². The van der Waals surface area contributed by atoms with Crippen LogP contribution >= 0.6 is 0 Å². The summed E-state index contributed by atoms with van der Waals surface area (Å²) in [6.07, 6.45) is -0.516. The van der Waals surface area contributed by atoms with Gasteiger partial charge in [-0.3, -0.25) is 0 Å². The summed E-state index contributed by atoms with van der Waals surface area (Å²) in [6, 6.07) is 10.9. The summed E-state index contributed by atoms with van der Waals surface area (Å²) in [5, 5.41) is 0. The first-order valence-electron chi connectivity index (χ1n) is 7.30. The van der Waals surface area contributed by atoms with Gasteiger partial charge in [-0.25, -0.2) is 17.5 Å². The molecule has 0 bridgehead atoms. The van der Waals surface area contributed by atoms with Gasteiger partial charge in [0.2, 0.25) is 10.0 Å². The number of methoxy groups -OCH3 is 2. The Kier molecular flexibility index (Phi) is 5.93. The van der Waals surface area contributed by atoms with E-state index in [0.717, 1.165) is 11.6 Å². The van der Waals surface area contributed by atoms with Gasteiger partial charge in [0, 0.05) is 19.2 Å². The van der Waals surface area contributed by atoms with Crippen LogP contribution in [0.3, 0.4) is 0 Å². The van der Waals surface area contributed by atoms with Crippen LogP contribution in [0.2, 0.25) is 0 Å². The Morgan fingerprint density at radius 2 is 1.88 bits per heavy atom. The molecule has 5 nitrogen and oxygen atoms in total. The number of nitrogens with one attached hydrogen (secondary N) is 1. The molecule has 0 radical (unpaired) electrons. The summed E-state index contributed by atoms with van der Waals surface area (Å²) < 4.78 is 51.2. The Morgan fingerprint density at radius 1 is 1.17 bits per heavy atom. The van der Waals surface area contributed by atoms with Gasteiger partial charge in [0.25, 0.3) is 0 Å². The monoisotopic (exact) mass is 353 g/mol. The number of halogens is 1. The molecule has 0 fully saturated rings. The zero-order valence-electron chi connectivity index (χ0n) is 13.7. The number of rotatable bonds is 7. The first-order valence-corrected chi connectivity index (χ1v) is 8.79. The second kappa shape index (κ2) is 7.74. The molecular formula is C17H20FNO4S. The molecule has 1 unspecified atom stereocenters.